The van der Waals surface area contributed by atoms with E-state index in [-0.39, 0.29) is 18.1 Å². The second-order valence-electron chi connectivity index (χ2n) is 6.02. The van der Waals surface area contributed by atoms with Crippen LogP contribution in [0.2, 0.25) is 10.0 Å². The van der Waals surface area contributed by atoms with Gasteiger partial charge in [0.15, 0.2) is 11.6 Å². The first-order chi connectivity index (χ1) is 12.5. The summed E-state index contributed by atoms with van der Waals surface area (Å²) in [7, 11) is 0. The summed E-state index contributed by atoms with van der Waals surface area (Å²) >= 11 is 12.2. The number of aromatic amines is 1. The van der Waals surface area contributed by atoms with Gasteiger partial charge in [-0.15, -0.1) is 0 Å². The van der Waals surface area contributed by atoms with E-state index in [0.717, 1.165) is 5.56 Å². The quantitative estimate of drug-likeness (QED) is 0.642. The summed E-state index contributed by atoms with van der Waals surface area (Å²) in [6, 6.07) is 14.0. The van der Waals surface area contributed by atoms with Gasteiger partial charge in [0, 0.05) is 28.1 Å². The zero-order valence-electron chi connectivity index (χ0n) is 13.4. The van der Waals surface area contributed by atoms with Gasteiger partial charge < -0.3 is 5.32 Å². The zero-order chi connectivity index (χ0) is 18.3. The van der Waals surface area contributed by atoms with E-state index < -0.39 is 5.92 Å². The first kappa shape index (κ1) is 16.8. The maximum Gasteiger partial charge on any atom is 0.226 e. The Morgan fingerprint density at radius 2 is 1.81 bits per heavy atom. The number of amides is 1. The molecule has 2 aromatic carbocycles. The molecule has 0 spiro atoms. The van der Waals surface area contributed by atoms with Crippen molar-refractivity contribution in [3.63, 3.8) is 0 Å². The number of carbonyl (C=O) groups excluding carboxylic acids is 2. The van der Waals surface area contributed by atoms with Crippen LogP contribution in [0, 0.1) is 0 Å². The first-order valence-electron chi connectivity index (χ1n) is 7.97. The number of fused-ring (bicyclic) bond motifs is 1. The highest BCUT2D eigenvalue weighted by Crippen LogP contribution is 2.40. The number of hydrogen-bond donors (Lipinski definition) is 2. The largest absolute Gasteiger partial charge is 0.309 e. The van der Waals surface area contributed by atoms with Gasteiger partial charge in [0.1, 0.15) is 0 Å². The topological polar surface area (TPSA) is 74.8 Å². The minimum absolute atomic E-state index is 0.0389. The molecule has 0 aliphatic carbocycles. The van der Waals surface area contributed by atoms with Gasteiger partial charge in [-0.05, 0) is 24.3 Å². The van der Waals surface area contributed by atoms with E-state index in [1.54, 1.807) is 36.4 Å². The van der Waals surface area contributed by atoms with Crippen LogP contribution < -0.4 is 5.32 Å². The Balaban J connectivity index is 1.83. The number of carbonyl (C=O) groups is 2. The number of rotatable bonds is 3. The lowest BCUT2D eigenvalue weighted by Gasteiger charge is -2.22. The van der Waals surface area contributed by atoms with Gasteiger partial charge >= 0.3 is 0 Å². The third-order valence-corrected chi connectivity index (χ3v) is 4.97. The number of aromatic nitrogens is 2. The molecule has 1 atom stereocenters. The van der Waals surface area contributed by atoms with Crippen LogP contribution in [0.3, 0.4) is 0 Å². The highest BCUT2D eigenvalue weighted by Gasteiger charge is 2.36. The van der Waals surface area contributed by atoms with Crippen molar-refractivity contribution in [1.29, 1.82) is 0 Å². The van der Waals surface area contributed by atoms with Crippen LogP contribution in [0.5, 0.6) is 0 Å². The predicted molar refractivity (Wildman–Crippen MR) is 101 cm³/mol. The molecule has 26 heavy (non-hydrogen) atoms. The molecule has 2 N–H and O–H groups in total. The van der Waals surface area contributed by atoms with Crippen LogP contribution in [0.1, 0.15) is 28.3 Å². The summed E-state index contributed by atoms with van der Waals surface area (Å²) < 4.78 is 0. The van der Waals surface area contributed by atoms with E-state index in [9.17, 15) is 9.59 Å². The molecule has 1 unspecified atom stereocenters. The molecule has 0 fully saturated rings. The van der Waals surface area contributed by atoms with Crippen molar-refractivity contribution in [2.75, 3.05) is 5.32 Å². The number of nitrogens with zero attached hydrogens (tertiary/aromatic N) is 1. The van der Waals surface area contributed by atoms with Crippen molar-refractivity contribution in [1.82, 2.24) is 10.2 Å². The van der Waals surface area contributed by atoms with Crippen molar-refractivity contribution in [2.45, 2.75) is 12.3 Å². The van der Waals surface area contributed by atoms with Crippen molar-refractivity contribution < 1.29 is 9.59 Å². The van der Waals surface area contributed by atoms with Gasteiger partial charge in [-0.1, -0.05) is 47.5 Å². The number of halogens is 2. The van der Waals surface area contributed by atoms with E-state index >= 15 is 0 Å². The SMILES string of the molecule is O=C1CC(C(=O)c2ccccc2Cl)c2c(n[nH]c2-c2ccc(Cl)cc2)N1. The summed E-state index contributed by atoms with van der Waals surface area (Å²) in [5.74, 6) is -0.750. The molecule has 0 saturated heterocycles. The van der Waals surface area contributed by atoms with E-state index in [4.69, 9.17) is 23.2 Å². The van der Waals surface area contributed by atoms with Crippen molar-refractivity contribution >= 4 is 40.7 Å². The molecule has 0 radical (unpaired) electrons. The van der Waals surface area contributed by atoms with Crippen molar-refractivity contribution in [3.05, 3.63) is 69.7 Å². The van der Waals surface area contributed by atoms with Crippen LogP contribution >= 0.6 is 23.2 Å². The lowest BCUT2D eigenvalue weighted by molar-refractivity contribution is -0.116. The smallest absolute Gasteiger partial charge is 0.226 e. The molecule has 1 aliphatic heterocycles. The predicted octanol–water partition coefficient (Wildman–Crippen LogP) is 4.69. The van der Waals surface area contributed by atoms with E-state index in [0.29, 0.717) is 32.7 Å². The fraction of sp³-hybridized carbons (Fsp3) is 0.105. The molecular formula is C19H13Cl2N3O2. The minimum atomic E-state index is -0.664. The standard InChI is InChI=1S/C19H13Cl2N3O2/c20-11-7-5-10(6-8-11)17-16-13(9-15(25)22-19(16)24-23-17)18(26)12-3-1-2-4-14(12)21/h1-8,13H,9H2,(H2,22,23,24,25). The van der Waals surface area contributed by atoms with Crippen LogP contribution in [0.4, 0.5) is 5.82 Å². The summed E-state index contributed by atoms with van der Waals surface area (Å²) in [5, 5.41) is 10.8. The Morgan fingerprint density at radius 3 is 2.54 bits per heavy atom. The Hall–Kier alpha value is -2.63. The normalized spacial score (nSPS) is 16.1. The molecule has 130 valence electrons. The number of nitrogens with one attached hydrogen (secondary N) is 2. The molecule has 5 nitrogen and oxygen atoms in total. The summed E-state index contributed by atoms with van der Waals surface area (Å²) in [6.45, 7) is 0. The van der Waals surface area contributed by atoms with Crippen LogP contribution in [0.25, 0.3) is 11.3 Å². The fourth-order valence-corrected chi connectivity index (χ4v) is 3.52. The number of benzene rings is 2. The van der Waals surface area contributed by atoms with Crippen molar-refractivity contribution in [3.8, 4) is 11.3 Å². The highest BCUT2D eigenvalue weighted by molar-refractivity contribution is 6.34. The molecule has 0 bridgehead atoms. The molecular weight excluding hydrogens is 373 g/mol. The Kier molecular flexibility index (Phi) is 4.26. The van der Waals surface area contributed by atoms with Gasteiger partial charge in [-0.2, -0.15) is 5.10 Å². The monoisotopic (exact) mass is 385 g/mol. The van der Waals surface area contributed by atoms with Crippen LogP contribution in [0.15, 0.2) is 48.5 Å². The maximum absolute atomic E-state index is 13.1. The third kappa shape index (κ3) is 2.89. The molecule has 2 heterocycles. The second-order valence-corrected chi connectivity index (χ2v) is 6.86. The number of ketones is 1. The van der Waals surface area contributed by atoms with Gasteiger partial charge in [0.25, 0.3) is 0 Å². The Bertz CT molecular complexity index is 1010. The first-order valence-corrected chi connectivity index (χ1v) is 8.73. The molecule has 4 rings (SSSR count). The lowest BCUT2D eigenvalue weighted by Crippen LogP contribution is -2.27. The van der Waals surface area contributed by atoms with Gasteiger partial charge in [0.2, 0.25) is 5.91 Å². The third-order valence-electron chi connectivity index (χ3n) is 4.39. The number of anilines is 1. The molecule has 1 aromatic heterocycles. The van der Waals surface area contributed by atoms with Gasteiger partial charge in [0.05, 0.1) is 16.6 Å². The minimum Gasteiger partial charge on any atom is -0.309 e. The lowest BCUT2D eigenvalue weighted by atomic mass is 9.84. The molecule has 7 heteroatoms. The zero-order valence-corrected chi connectivity index (χ0v) is 14.9. The average Bonchev–Trinajstić information content (AvgIpc) is 3.05. The van der Waals surface area contributed by atoms with Gasteiger partial charge in [-0.3, -0.25) is 14.7 Å². The summed E-state index contributed by atoms with van der Waals surface area (Å²) in [5.41, 5.74) is 2.57. The van der Waals surface area contributed by atoms with Crippen LogP contribution in [-0.4, -0.2) is 21.9 Å². The second kappa shape index (κ2) is 6.59. The number of Topliss-reactive ketones (excluding diaryl/α,β-unsaturated/α-hetero) is 1. The van der Waals surface area contributed by atoms with Crippen LogP contribution in [-0.2, 0) is 4.79 Å². The number of H-pyrrole nitrogens is 1. The summed E-state index contributed by atoms with van der Waals surface area (Å²) in [4.78, 5) is 25.2. The van der Waals surface area contributed by atoms with E-state index in [1.165, 1.54) is 0 Å². The Morgan fingerprint density at radius 1 is 1.08 bits per heavy atom. The fourth-order valence-electron chi connectivity index (χ4n) is 3.16. The average molecular weight is 386 g/mol. The number of hydrogen-bond acceptors (Lipinski definition) is 3. The van der Waals surface area contributed by atoms with Crippen molar-refractivity contribution in [2.24, 2.45) is 0 Å². The van der Waals surface area contributed by atoms with Gasteiger partial charge in [-0.25, -0.2) is 0 Å². The molecule has 1 aliphatic rings. The Labute approximate surface area is 159 Å². The molecule has 1 amide bonds. The highest BCUT2D eigenvalue weighted by atomic mass is 35.5. The van der Waals surface area contributed by atoms with E-state index in [2.05, 4.69) is 15.5 Å². The molecule has 0 saturated carbocycles. The van der Waals surface area contributed by atoms with E-state index in [1.807, 2.05) is 12.1 Å². The maximum atomic E-state index is 13.1. The molecule has 3 aromatic rings. The summed E-state index contributed by atoms with van der Waals surface area (Å²) in [6.07, 6.45) is 0.0389.